The summed E-state index contributed by atoms with van der Waals surface area (Å²) in [5.41, 5.74) is 2.01. The van der Waals surface area contributed by atoms with E-state index in [0.29, 0.717) is 25.9 Å². The topological polar surface area (TPSA) is 32.3 Å². The number of carbonyl (C=O) groups is 1. The number of urea groups is 1. The summed E-state index contributed by atoms with van der Waals surface area (Å²) in [6.45, 7) is 4.73. The van der Waals surface area contributed by atoms with E-state index in [-0.39, 0.29) is 12.5 Å². The molecular weight excluding hydrogens is 354 g/mol. The molecule has 0 unspecified atom stereocenters. The maximum atomic E-state index is 13.4. The lowest BCUT2D eigenvalue weighted by molar-refractivity contribution is 0.0380. The number of aryl methyl sites for hydroxylation is 2. The van der Waals surface area contributed by atoms with Crippen LogP contribution < -0.4 is 5.32 Å². The molecule has 120 valence electrons. The third-order valence-electron chi connectivity index (χ3n) is 4.91. The largest absolute Gasteiger partial charge is 0.324 e. The summed E-state index contributed by atoms with van der Waals surface area (Å²) in [4.78, 5) is 13.9. The predicted octanol–water partition coefficient (Wildman–Crippen LogP) is 4.72. The van der Waals surface area contributed by atoms with Gasteiger partial charge in [-0.1, -0.05) is 15.9 Å². The molecule has 1 N–H and O–H groups in total. The first-order chi connectivity index (χ1) is 10.2. The second-order valence-corrected chi connectivity index (χ2v) is 7.30. The lowest BCUT2D eigenvalue weighted by Crippen LogP contribution is -2.42. The Morgan fingerprint density at radius 1 is 1.23 bits per heavy atom. The molecule has 1 aliphatic carbocycles. The molecule has 0 radical (unpaired) electrons. The minimum Gasteiger partial charge on any atom is -0.324 e. The molecule has 2 fully saturated rings. The van der Waals surface area contributed by atoms with Crippen LogP contribution in [0.1, 0.15) is 30.4 Å². The van der Waals surface area contributed by atoms with Gasteiger partial charge >= 0.3 is 6.03 Å². The third-order valence-corrected chi connectivity index (χ3v) is 6.16. The number of halogens is 3. The van der Waals surface area contributed by atoms with E-state index in [9.17, 15) is 13.6 Å². The summed E-state index contributed by atoms with van der Waals surface area (Å²) in [6, 6.07) is 3.59. The van der Waals surface area contributed by atoms with E-state index in [1.807, 2.05) is 26.0 Å². The molecule has 3 nitrogen and oxygen atoms in total. The summed E-state index contributed by atoms with van der Waals surface area (Å²) in [5, 5.41) is 2.87. The predicted molar refractivity (Wildman–Crippen MR) is 85.4 cm³/mol. The Hall–Kier alpha value is -1.17. The van der Waals surface area contributed by atoms with E-state index >= 15 is 0 Å². The number of hydrogen-bond donors (Lipinski definition) is 1. The number of hydrogen-bond acceptors (Lipinski definition) is 1. The van der Waals surface area contributed by atoms with E-state index in [2.05, 4.69) is 21.2 Å². The first-order valence-electron chi connectivity index (χ1n) is 7.45. The van der Waals surface area contributed by atoms with Crippen molar-refractivity contribution < 1.29 is 13.6 Å². The fourth-order valence-electron chi connectivity index (χ4n) is 3.28. The maximum Gasteiger partial charge on any atom is 0.321 e. The van der Waals surface area contributed by atoms with Crippen LogP contribution in [0.2, 0.25) is 0 Å². The summed E-state index contributed by atoms with van der Waals surface area (Å²) in [6.07, 6.45) is 0.776. The number of carbonyl (C=O) groups excluding carboxylic acids is 1. The molecule has 6 heteroatoms. The van der Waals surface area contributed by atoms with Gasteiger partial charge in [0.2, 0.25) is 0 Å². The molecule has 1 spiro atoms. The van der Waals surface area contributed by atoms with Crippen LogP contribution in [0.15, 0.2) is 16.6 Å². The second kappa shape index (κ2) is 5.18. The lowest BCUT2D eigenvalue weighted by Gasteiger charge is -2.32. The molecule has 1 saturated carbocycles. The van der Waals surface area contributed by atoms with Gasteiger partial charge in [-0.3, -0.25) is 0 Å². The van der Waals surface area contributed by atoms with Crippen molar-refractivity contribution in [3.8, 4) is 0 Å². The van der Waals surface area contributed by atoms with Crippen LogP contribution in [0.5, 0.6) is 0 Å². The van der Waals surface area contributed by atoms with Crippen molar-refractivity contribution in [1.29, 1.82) is 0 Å². The van der Waals surface area contributed by atoms with Gasteiger partial charge in [0.15, 0.2) is 0 Å². The zero-order valence-electron chi connectivity index (χ0n) is 12.7. The van der Waals surface area contributed by atoms with Gasteiger partial charge in [0, 0.05) is 35.1 Å². The molecule has 0 atom stereocenters. The lowest BCUT2D eigenvalue weighted by atomic mass is 9.93. The first-order valence-corrected chi connectivity index (χ1v) is 8.24. The van der Waals surface area contributed by atoms with Crippen molar-refractivity contribution in [2.75, 3.05) is 18.4 Å². The molecule has 1 heterocycles. The maximum absolute atomic E-state index is 13.4. The highest BCUT2D eigenvalue weighted by Crippen LogP contribution is 2.65. The standard InChI is InChI=1S/C16H19BrF2N2O/c1-10-7-12(8-11(2)13(10)17)20-14(22)21-5-3-15(4-6-21)9-16(15,18)19/h7-8H,3-6,9H2,1-2H3,(H,20,22). The van der Waals surface area contributed by atoms with Crippen molar-refractivity contribution in [2.45, 2.75) is 39.0 Å². The van der Waals surface area contributed by atoms with E-state index in [4.69, 9.17) is 0 Å². The Kier molecular flexibility index (Phi) is 3.70. The summed E-state index contributed by atoms with van der Waals surface area (Å²) in [5.74, 6) is -2.52. The fraction of sp³-hybridized carbons (Fsp3) is 0.562. The number of rotatable bonds is 1. The smallest absolute Gasteiger partial charge is 0.321 e. The minimum absolute atomic E-state index is 0.0133. The van der Waals surface area contributed by atoms with Crippen LogP contribution in [0.4, 0.5) is 19.3 Å². The Labute approximate surface area is 137 Å². The fourth-order valence-corrected chi connectivity index (χ4v) is 3.51. The van der Waals surface area contributed by atoms with E-state index in [0.717, 1.165) is 21.3 Å². The van der Waals surface area contributed by atoms with Gasteiger partial charge in [0.1, 0.15) is 0 Å². The van der Waals surface area contributed by atoms with Crippen molar-refractivity contribution >= 4 is 27.6 Å². The zero-order valence-corrected chi connectivity index (χ0v) is 14.3. The molecule has 1 aromatic rings. The molecule has 1 aromatic carbocycles. The van der Waals surface area contributed by atoms with Crippen molar-refractivity contribution in [1.82, 2.24) is 4.90 Å². The van der Waals surface area contributed by atoms with Gasteiger partial charge in [-0.15, -0.1) is 0 Å². The summed E-state index contributed by atoms with van der Waals surface area (Å²) >= 11 is 3.49. The molecule has 0 bridgehead atoms. The number of alkyl halides is 2. The number of likely N-dealkylation sites (tertiary alicyclic amines) is 1. The third kappa shape index (κ3) is 2.62. The molecule has 1 aliphatic heterocycles. The van der Waals surface area contributed by atoms with Gasteiger partial charge in [-0.25, -0.2) is 13.6 Å². The second-order valence-electron chi connectivity index (χ2n) is 6.50. The van der Waals surface area contributed by atoms with Gasteiger partial charge < -0.3 is 10.2 Å². The van der Waals surface area contributed by atoms with Crippen LogP contribution in [-0.2, 0) is 0 Å². The molecule has 2 amide bonds. The Morgan fingerprint density at radius 2 is 1.73 bits per heavy atom. The zero-order chi connectivity index (χ0) is 16.1. The van der Waals surface area contributed by atoms with Crippen LogP contribution in [-0.4, -0.2) is 29.9 Å². The number of amides is 2. The average Bonchev–Trinajstić information content (AvgIpc) is 2.97. The van der Waals surface area contributed by atoms with Gasteiger partial charge in [-0.2, -0.15) is 0 Å². The van der Waals surface area contributed by atoms with E-state index < -0.39 is 11.3 Å². The normalized spacial score (nSPS) is 21.8. The van der Waals surface area contributed by atoms with Gasteiger partial charge in [0.25, 0.3) is 5.92 Å². The monoisotopic (exact) mass is 372 g/mol. The quantitative estimate of drug-likeness (QED) is 0.759. The molecule has 3 rings (SSSR count). The molecule has 0 aromatic heterocycles. The van der Waals surface area contributed by atoms with E-state index in [1.54, 1.807) is 4.90 Å². The van der Waals surface area contributed by atoms with Crippen LogP contribution in [0.3, 0.4) is 0 Å². The van der Waals surface area contributed by atoms with Gasteiger partial charge in [-0.05, 0) is 49.9 Å². The van der Waals surface area contributed by atoms with Crippen LogP contribution in [0.25, 0.3) is 0 Å². The summed E-state index contributed by atoms with van der Waals surface area (Å²) < 4.78 is 27.7. The van der Waals surface area contributed by atoms with Crippen molar-refractivity contribution in [3.63, 3.8) is 0 Å². The molecule has 2 aliphatic rings. The van der Waals surface area contributed by atoms with Gasteiger partial charge in [0.05, 0.1) is 0 Å². The van der Waals surface area contributed by atoms with E-state index in [1.165, 1.54) is 0 Å². The number of benzene rings is 1. The number of anilines is 1. The highest BCUT2D eigenvalue weighted by Gasteiger charge is 2.70. The molecular formula is C16H19BrF2N2O. The number of nitrogens with zero attached hydrogens (tertiary/aromatic N) is 1. The highest BCUT2D eigenvalue weighted by atomic mass is 79.9. The van der Waals surface area contributed by atoms with Crippen LogP contribution in [0, 0.1) is 19.3 Å². The Morgan fingerprint density at radius 3 is 2.18 bits per heavy atom. The summed E-state index contributed by atoms with van der Waals surface area (Å²) in [7, 11) is 0. The Balaban J connectivity index is 1.62. The SMILES string of the molecule is Cc1cc(NC(=O)N2CCC3(CC2)CC3(F)F)cc(C)c1Br. The first kappa shape index (κ1) is 15.7. The number of nitrogens with one attached hydrogen (secondary N) is 1. The average molecular weight is 373 g/mol. The molecule has 1 saturated heterocycles. The minimum atomic E-state index is -2.52. The van der Waals surface area contributed by atoms with Crippen LogP contribution >= 0.6 is 15.9 Å². The molecule has 22 heavy (non-hydrogen) atoms. The van der Waals surface area contributed by atoms with Crippen molar-refractivity contribution in [2.24, 2.45) is 5.41 Å². The Bertz CT molecular complexity index is 602. The number of piperidine rings is 1. The van der Waals surface area contributed by atoms with Crippen molar-refractivity contribution in [3.05, 3.63) is 27.7 Å². The highest BCUT2D eigenvalue weighted by molar-refractivity contribution is 9.10.